The van der Waals surface area contributed by atoms with Gasteiger partial charge in [0.15, 0.2) is 0 Å². The number of nitrogens with one attached hydrogen (secondary N) is 1. The Kier molecular flexibility index (Phi) is 3.39. The van der Waals surface area contributed by atoms with Gasteiger partial charge in [-0.25, -0.2) is 0 Å². The third-order valence-corrected chi connectivity index (χ3v) is 3.33. The van der Waals surface area contributed by atoms with Crippen LogP contribution in [0, 0.1) is 6.92 Å². The molecule has 3 N–H and O–H groups in total. The van der Waals surface area contributed by atoms with Crippen molar-refractivity contribution in [1.29, 1.82) is 0 Å². The third-order valence-electron chi connectivity index (χ3n) is 2.40. The van der Waals surface area contributed by atoms with Crippen molar-refractivity contribution in [2.24, 2.45) is 5.73 Å². The van der Waals surface area contributed by atoms with Crippen LogP contribution in [0.15, 0.2) is 29.8 Å². The van der Waals surface area contributed by atoms with Crippen LogP contribution in [-0.2, 0) is 6.54 Å². The van der Waals surface area contributed by atoms with Crippen LogP contribution in [0.1, 0.15) is 20.9 Å². The van der Waals surface area contributed by atoms with E-state index >= 15 is 0 Å². The summed E-state index contributed by atoms with van der Waals surface area (Å²) in [6.07, 6.45) is 1.76. The van der Waals surface area contributed by atoms with Gasteiger partial charge in [0.25, 0.3) is 0 Å². The first-order valence-electron chi connectivity index (χ1n) is 5.19. The molecule has 0 saturated carbocycles. The van der Waals surface area contributed by atoms with Crippen molar-refractivity contribution in [3.8, 4) is 0 Å². The summed E-state index contributed by atoms with van der Waals surface area (Å²) >= 11 is 1.52. The Morgan fingerprint density at radius 1 is 1.59 bits per heavy atom. The molecule has 4 nitrogen and oxygen atoms in total. The van der Waals surface area contributed by atoms with E-state index in [2.05, 4.69) is 10.3 Å². The van der Waals surface area contributed by atoms with E-state index in [0.29, 0.717) is 12.1 Å². The van der Waals surface area contributed by atoms with Gasteiger partial charge in [-0.15, -0.1) is 11.3 Å². The minimum atomic E-state index is -0.384. The number of aromatic nitrogens is 1. The topological polar surface area (TPSA) is 68.0 Å². The van der Waals surface area contributed by atoms with Gasteiger partial charge >= 0.3 is 0 Å². The van der Waals surface area contributed by atoms with Crippen molar-refractivity contribution in [3.05, 3.63) is 45.9 Å². The van der Waals surface area contributed by atoms with Crippen molar-refractivity contribution in [2.45, 2.75) is 13.5 Å². The number of primary amides is 1. The van der Waals surface area contributed by atoms with Gasteiger partial charge in [-0.3, -0.25) is 9.78 Å². The lowest BCUT2D eigenvalue weighted by Crippen LogP contribution is -2.09. The molecule has 0 aromatic carbocycles. The molecule has 0 aliphatic heterocycles. The van der Waals surface area contributed by atoms with Crippen molar-refractivity contribution < 1.29 is 4.79 Å². The standard InChI is InChI=1S/C12H13N3OS/c1-8-11(3-2-4-14-8)15-6-10-5-9(7-17-10)12(13)16/h2-5,7,15H,6H2,1H3,(H2,13,16). The van der Waals surface area contributed by atoms with E-state index in [4.69, 9.17) is 5.73 Å². The molecular formula is C12H13N3OS. The number of amides is 1. The lowest BCUT2D eigenvalue weighted by atomic mass is 10.3. The summed E-state index contributed by atoms with van der Waals surface area (Å²) in [6.45, 7) is 2.62. The van der Waals surface area contributed by atoms with Crippen molar-refractivity contribution >= 4 is 22.9 Å². The molecule has 17 heavy (non-hydrogen) atoms. The number of aryl methyl sites for hydroxylation is 1. The molecule has 88 valence electrons. The number of carbonyl (C=O) groups is 1. The summed E-state index contributed by atoms with van der Waals surface area (Å²) in [7, 11) is 0. The number of nitrogens with two attached hydrogens (primary N) is 1. The van der Waals surface area contributed by atoms with Crippen LogP contribution in [0.4, 0.5) is 5.69 Å². The highest BCUT2D eigenvalue weighted by Gasteiger charge is 2.05. The molecule has 2 heterocycles. The Morgan fingerprint density at radius 2 is 2.41 bits per heavy atom. The maximum atomic E-state index is 10.9. The minimum absolute atomic E-state index is 0.384. The van der Waals surface area contributed by atoms with Crippen LogP contribution in [0.25, 0.3) is 0 Å². The molecule has 0 aliphatic rings. The number of hydrogen-bond acceptors (Lipinski definition) is 4. The van der Waals surface area contributed by atoms with Crippen LogP contribution in [0.2, 0.25) is 0 Å². The Morgan fingerprint density at radius 3 is 3.06 bits per heavy atom. The Bertz CT molecular complexity index is 536. The number of pyridine rings is 1. The van der Waals surface area contributed by atoms with E-state index < -0.39 is 0 Å². The number of hydrogen-bond donors (Lipinski definition) is 2. The molecule has 5 heteroatoms. The molecule has 0 atom stereocenters. The van der Waals surface area contributed by atoms with Crippen LogP contribution in [0.3, 0.4) is 0 Å². The Balaban J connectivity index is 2.02. The molecule has 0 radical (unpaired) electrons. The highest BCUT2D eigenvalue weighted by Crippen LogP contribution is 2.17. The predicted octanol–water partition coefficient (Wildman–Crippen LogP) is 2.16. The molecule has 0 fully saturated rings. The largest absolute Gasteiger partial charge is 0.379 e. The Labute approximate surface area is 103 Å². The summed E-state index contributed by atoms with van der Waals surface area (Å²) in [5, 5.41) is 5.05. The molecule has 0 bridgehead atoms. The average Bonchev–Trinajstić information content (AvgIpc) is 2.77. The van der Waals surface area contributed by atoms with E-state index in [-0.39, 0.29) is 5.91 Å². The molecule has 0 saturated heterocycles. The first kappa shape index (κ1) is 11.6. The van der Waals surface area contributed by atoms with E-state index in [0.717, 1.165) is 16.3 Å². The van der Waals surface area contributed by atoms with Gasteiger partial charge < -0.3 is 11.1 Å². The fourth-order valence-electron chi connectivity index (χ4n) is 1.46. The highest BCUT2D eigenvalue weighted by atomic mass is 32.1. The van der Waals surface area contributed by atoms with Crippen molar-refractivity contribution in [1.82, 2.24) is 4.98 Å². The fraction of sp³-hybridized carbons (Fsp3) is 0.167. The second-order valence-electron chi connectivity index (χ2n) is 3.66. The summed E-state index contributed by atoms with van der Waals surface area (Å²) in [5.41, 5.74) is 7.72. The van der Waals surface area contributed by atoms with Gasteiger partial charge in [0.05, 0.1) is 16.9 Å². The predicted molar refractivity (Wildman–Crippen MR) is 69.1 cm³/mol. The molecule has 0 aliphatic carbocycles. The van der Waals surface area contributed by atoms with E-state index in [1.54, 1.807) is 11.6 Å². The second kappa shape index (κ2) is 4.97. The summed E-state index contributed by atoms with van der Waals surface area (Å²) in [5.74, 6) is -0.384. The smallest absolute Gasteiger partial charge is 0.249 e. The van der Waals surface area contributed by atoms with Gasteiger partial charge in [0.1, 0.15) is 0 Å². The van der Waals surface area contributed by atoms with Gasteiger partial charge in [-0.05, 0) is 25.1 Å². The number of rotatable bonds is 4. The Hall–Kier alpha value is -1.88. The third kappa shape index (κ3) is 2.82. The zero-order chi connectivity index (χ0) is 12.3. The summed E-state index contributed by atoms with van der Waals surface area (Å²) in [4.78, 5) is 16.2. The second-order valence-corrected chi connectivity index (χ2v) is 4.65. The molecule has 2 aromatic heterocycles. The lowest BCUT2D eigenvalue weighted by molar-refractivity contribution is 0.100. The maximum Gasteiger partial charge on any atom is 0.249 e. The lowest BCUT2D eigenvalue weighted by Gasteiger charge is -2.06. The first-order valence-corrected chi connectivity index (χ1v) is 6.07. The zero-order valence-electron chi connectivity index (χ0n) is 9.43. The SMILES string of the molecule is Cc1ncccc1NCc1cc(C(N)=O)cs1. The van der Waals surface area contributed by atoms with Crippen LogP contribution in [0.5, 0.6) is 0 Å². The molecule has 0 unspecified atom stereocenters. The molecular weight excluding hydrogens is 234 g/mol. The van der Waals surface area contributed by atoms with Gasteiger partial charge in [0.2, 0.25) is 5.91 Å². The van der Waals surface area contributed by atoms with Crippen molar-refractivity contribution in [3.63, 3.8) is 0 Å². The van der Waals surface area contributed by atoms with E-state index in [1.807, 2.05) is 25.1 Å². The molecule has 2 rings (SSSR count). The minimum Gasteiger partial charge on any atom is -0.379 e. The van der Waals surface area contributed by atoms with E-state index in [1.165, 1.54) is 11.3 Å². The number of carbonyl (C=O) groups excluding carboxylic acids is 1. The summed E-state index contributed by atoms with van der Waals surface area (Å²) < 4.78 is 0. The normalized spacial score (nSPS) is 10.2. The number of thiophene rings is 1. The molecule has 0 spiro atoms. The highest BCUT2D eigenvalue weighted by molar-refractivity contribution is 7.10. The number of nitrogens with zero attached hydrogens (tertiary/aromatic N) is 1. The molecule has 2 aromatic rings. The van der Waals surface area contributed by atoms with Gasteiger partial charge in [-0.1, -0.05) is 0 Å². The van der Waals surface area contributed by atoms with Gasteiger partial charge in [0, 0.05) is 23.0 Å². The van der Waals surface area contributed by atoms with Gasteiger partial charge in [-0.2, -0.15) is 0 Å². The fourth-order valence-corrected chi connectivity index (χ4v) is 2.27. The average molecular weight is 247 g/mol. The first-order chi connectivity index (χ1) is 8.16. The summed E-state index contributed by atoms with van der Waals surface area (Å²) in [6, 6.07) is 5.68. The zero-order valence-corrected chi connectivity index (χ0v) is 10.3. The quantitative estimate of drug-likeness (QED) is 0.870. The van der Waals surface area contributed by atoms with Crippen LogP contribution >= 0.6 is 11.3 Å². The maximum absolute atomic E-state index is 10.9. The molecule has 1 amide bonds. The van der Waals surface area contributed by atoms with Crippen molar-refractivity contribution in [2.75, 3.05) is 5.32 Å². The van der Waals surface area contributed by atoms with Crippen LogP contribution in [-0.4, -0.2) is 10.9 Å². The monoisotopic (exact) mass is 247 g/mol. The van der Waals surface area contributed by atoms with Crippen LogP contribution < -0.4 is 11.1 Å². The number of anilines is 1. The van der Waals surface area contributed by atoms with E-state index in [9.17, 15) is 4.79 Å².